The molecule has 20 heavy (non-hydrogen) atoms. The van der Waals surface area contributed by atoms with Crippen molar-refractivity contribution in [1.29, 1.82) is 0 Å². The molecule has 0 amide bonds. The summed E-state index contributed by atoms with van der Waals surface area (Å²) >= 11 is 0. The second kappa shape index (κ2) is 7.10. The molecule has 0 saturated heterocycles. The van der Waals surface area contributed by atoms with Crippen LogP contribution in [0.2, 0.25) is 0 Å². The van der Waals surface area contributed by atoms with Gasteiger partial charge in [0.15, 0.2) is 6.61 Å². The molecular formula is C16H22O4. The Morgan fingerprint density at radius 2 is 2.05 bits per heavy atom. The number of carbonyl (C=O) groups excluding carboxylic acids is 1. The SMILES string of the molecule is Cc1c(C=CCO)cccc1OCC(=O)OC(C)(C)C. The van der Waals surface area contributed by atoms with Crippen LogP contribution in [0.3, 0.4) is 0 Å². The van der Waals surface area contributed by atoms with Gasteiger partial charge < -0.3 is 14.6 Å². The summed E-state index contributed by atoms with van der Waals surface area (Å²) in [7, 11) is 0. The van der Waals surface area contributed by atoms with E-state index in [4.69, 9.17) is 14.6 Å². The molecule has 0 bridgehead atoms. The Labute approximate surface area is 120 Å². The largest absolute Gasteiger partial charge is 0.482 e. The maximum atomic E-state index is 11.6. The lowest BCUT2D eigenvalue weighted by Crippen LogP contribution is -2.27. The van der Waals surface area contributed by atoms with Crippen LogP contribution in [-0.2, 0) is 9.53 Å². The van der Waals surface area contributed by atoms with Gasteiger partial charge in [-0.25, -0.2) is 4.79 Å². The third-order valence-electron chi connectivity index (χ3n) is 2.49. The van der Waals surface area contributed by atoms with Gasteiger partial charge in [0, 0.05) is 0 Å². The highest BCUT2D eigenvalue weighted by Gasteiger charge is 2.16. The van der Waals surface area contributed by atoms with Gasteiger partial charge in [0.2, 0.25) is 0 Å². The Hall–Kier alpha value is -1.81. The Morgan fingerprint density at radius 3 is 2.65 bits per heavy atom. The van der Waals surface area contributed by atoms with Crippen molar-refractivity contribution >= 4 is 12.0 Å². The van der Waals surface area contributed by atoms with Crippen molar-refractivity contribution < 1.29 is 19.4 Å². The van der Waals surface area contributed by atoms with Gasteiger partial charge in [0.1, 0.15) is 11.4 Å². The number of aliphatic hydroxyl groups is 1. The second-order valence-corrected chi connectivity index (χ2v) is 5.43. The van der Waals surface area contributed by atoms with E-state index in [2.05, 4.69) is 0 Å². The van der Waals surface area contributed by atoms with Crippen molar-refractivity contribution in [1.82, 2.24) is 0 Å². The highest BCUT2D eigenvalue weighted by Crippen LogP contribution is 2.22. The van der Waals surface area contributed by atoms with Gasteiger partial charge in [-0.2, -0.15) is 0 Å². The lowest BCUT2D eigenvalue weighted by Gasteiger charge is -2.19. The molecule has 4 nitrogen and oxygen atoms in total. The molecule has 0 atom stereocenters. The molecule has 110 valence electrons. The monoisotopic (exact) mass is 278 g/mol. The fourth-order valence-corrected chi connectivity index (χ4v) is 1.66. The zero-order valence-electron chi connectivity index (χ0n) is 12.5. The van der Waals surface area contributed by atoms with Crippen molar-refractivity contribution in [2.24, 2.45) is 0 Å². The molecule has 0 spiro atoms. The fraction of sp³-hybridized carbons (Fsp3) is 0.438. The highest BCUT2D eigenvalue weighted by atomic mass is 16.6. The van der Waals surface area contributed by atoms with Crippen LogP contribution in [-0.4, -0.2) is 29.9 Å². The number of hydrogen-bond donors (Lipinski definition) is 1. The van der Waals surface area contributed by atoms with Crippen molar-refractivity contribution in [2.75, 3.05) is 13.2 Å². The Bertz CT molecular complexity index is 484. The summed E-state index contributed by atoms with van der Waals surface area (Å²) in [6, 6.07) is 5.56. The van der Waals surface area contributed by atoms with Crippen LogP contribution < -0.4 is 4.74 Å². The van der Waals surface area contributed by atoms with Gasteiger partial charge in [0.25, 0.3) is 0 Å². The summed E-state index contributed by atoms with van der Waals surface area (Å²) in [6.45, 7) is 7.22. The molecule has 1 aromatic rings. The zero-order valence-corrected chi connectivity index (χ0v) is 12.5. The summed E-state index contributed by atoms with van der Waals surface area (Å²) < 4.78 is 10.7. The van der Waals surface area contributed by atoms with Gasteiger partial charge in [-0.1, -0.05) is 24.3 Å². The highest BCUT2D eigenvalue weighted by molar-refractivity contribution is 5.71. The maximum absolute atomic E-state index is 11.6. The summed E-state index contributed by atoms with van der Waals surface area (Å²) in [4.78, 5) is 11.6. The predicted octanol–water partition coefficient (Wildman–Crippen LogP) is 2.72. The quantitative estimate of drug-likeness (QED) is 0.841. The van der Waals surface area contributed by atoms with Crippen LogP contribution >= 0.6 is 0 Å². The van der Waals surface area contributed by atoms with Crippen LogP contribution in [0.1, 0.15) is 31.9 Å². The molecule has 1 N–H and O–H groups in total. The third kappa shape index (κ3) is 5.45. The van der Waals surface area contributed by atoms with E-state index in [0.29, 0.717) is 5.75 Å². The first-order valence-electron chi connectivity index (χ1n) is 6.55. The lowest BCUT2D eigenvalue weighted by molar-refractivity contribution is -0.157. The van der Waals surface area contributed by atoms with E-state index in [1.54, 1.807) is 12.1 Å². The summed E-state index contributed by atoms with van der Waals surface area (Å²) in [5, 5.41) is 8.79. The standard InChI is InChI=1S/C16H22O4/c1-12-13(8-6-10-17)7-5-9-14(12)19-11-15(18)20-16(2,3)4/h5-9,17H,10-11H2,1-4H3. The van der Waals surface area contributed by atoms with E-state index < -0.39 is 11.6 Å². The topological polar surface area (TPSA) is 55.8 Å². The Kier molecular flexibility index (Phi) is 5.77. The summed E-state index contributed by atoms with van der Waals surface area (Å²) in [5.74, 6) is 0.240. The number of esters is 1. The molecule has 1 rings (SSSR count). The molecule has 0 aliphatic carbocycles. The van der Waals surface area contributed by atoms with E-state index in [9.17, 15) is 4.79 Å². The van der Waals surface area contributed by atoms with Gasteiger partial charge in [0.05, 0.1) is 6.61 Å². The van der Waals surface area contributed by atoms with Crippen LogP contribution in [0.5, 0.6) is 5.75 Å². The van der Waals surface area contributed by atoms with E-state index in [-0.39, 0.29) is 13.2 Å². The molecule has 0 aliphatic heterocycles. The maximum Gasteiger partial charge on any atom is 0.344 e. The predicted molar refractivity (Wildman–Crippen MR) is 78.6 cm³/mol. The number of hydrogen-bond acceptors (Lipinski definition) is 4. The second-order valence-electron chi connectivity index (χ2n) is 5.43. The number of benzene rings is 1. The molecule has 1 aromatic carbocycles. The third-order valence-corrected chi connectivity index (χ3v) is 2.49. The smallest absolute Gasteiger partial charge is 0.344 e. The minimum Gasteiger partial charge on any atom is -0.482 e. The first kappa shape index (κ1) is 16.2. The van der Waals surface area contributed by atoms with E-state index >= 15 is 0 Å². The van der Waals surface area contributed by atoms with E-state index in [1.165, 1.54) is 0 Å². The minimum absolute atomic E-state index is 0.0115. The van der Waals surface area contributed by atoms with Gasteiger partial charge in [-0.05, 0) is 44.9 Å². The van der Waals surface area contributed by atoms with Crippen molar-refractivity contribution in [3.05, 3.63) is 35.4 Å². The van der Waals surface area contributed by atoms with Crippen LogP contribution in [0.25, 0.3) is 6.08 Å². The van der Waals surface area contributed by atoms with Gasteiger partial charge >= 0.3 is 5.97 Å². The van der Waals surface area contributed by atoms with E-state index in [1.807, 2.05) is 45.9 Å². The Balaban J connectivity index is 2.69. The molecule has 0 radical (unpaired) electrons. The molecule has 0 aliphatic rings. The fourth-order valence-electron chi connectivity index (χ4n) is 1.66. The number of carbonyl (C=O) groups is 1. The average molecular weight is 278 g/mol. The molecular weight excluding hydrogens is 256 g/mol. The summed E-state index contributed by atoms with van der Waals surface area (Å²) in [6.07, 6.45) is 3.47. The average Bonchev–Trinajstić information content (AvgIpc) is 2.34. The van der Waals surface area contributed by atoms with E-state index in [0.717, 1.165) is 11.1 Å². The lowest BCUT2D eigenvalue weighted by atomic mass is 10.1. The molecule has 4 heteroatoms. The van der Waals surface area contributed by atoms with Crippen molar-refractivity contribution in [3.8, 4) is 5.75 Å². The van der Waals surface area contributed by atoms with Gasteiger partial charge in [-0.3, -0.25) is 0 Å². The number of rotatable bonds is 5. The molecule has 0 aromatic heterocycles. The summed E-state index contributed by atoms with van der Waals surface area (Å²) in [5.41, 5.74) is 1.35. The van der Waals surface area contributed by atoms with Crippen LogP contribution in [0.15, 0.2) is 24.3 Å². The molecule has 0 fully saturated rings. The number of aliphatic hydroxyl groups excluding tert-OH is 1. The molecule has 0 unspecified atom stereocenters. The van der Waals surface area contributed by atoms with Crippen molar-refractivity contribution in [2.45, 2.75) is 33.3 Å². The van der Waals surface area contributed by atoms with Crippen molar-refractivity contribution in [3.63, 3.8) is 0 Å². The normalized spacial score (nSPS) is 11.7. The van der Waals surface area contributed by atoms with Crippen LogP contribution in [0, 0.1) is 6.92 Å². The minimum atomic E-state index is -0.513. The zero-order chi connectivity index (χ0) is 15.2. The Morgan fingerprint density at radius 1 is 1.35 bits per heavy atom. The number of ether oxygens (including phenoxy) is 2. The molecule has 0 saturated carbocycles. The van der Waals surface area contributed by atoms with Crippen LogP contribution in [0.4, 0.5) is 0 Å². The first-order valence-corrected chi connectivity index (χ1v) is 6.55. The van der Waals surface area contributed by atoms with Gasteiger partial charge in [-0.15, -0.1) is 0 Å². The molecule has 0 heterocycles. The first-order chi connectivity index (χ1) is 9.33.